The van der Waals surface area contributed by atoms with E-state index in [1.54, 1.807) is 11.3 Å². The Morgan fingerprint density at radius 3 is 2.93 bits per heavy atom. The van der Waals surface area contributed by atoms with Crippen LogP contribution in [-0.2, 0) is 6.54 Å². The maximum atomic E-state index is 6.06. The van der Waals surface area contributed by atoms with E-state index < -0.39 is 0 Å². The first-order valence-corrected chi connectivity index (χ1v) is 6.92. The number of hydrogen-bond acceptors (Lipinski definition) is 2. The molecule has 0 bridgehead atoms. The van der Waals surface area contributed by atoms with Crippen LogP contribution in [0.4, 0.5) is 0 Å². The first kappa shape index (κ1) is 10.9. The zero-order chi connectivity index (χ0) is 10.1. The van der Waals surface area contributed by atoms with Crippen LogP contribution in [0, 0.1) is 5.92 Å². The molecule has 1 saturated heterocycles. The summed E-state index contributed by atoms with van der Waals surface area (Å²) >= 11 is 11.5. The Hall–Kier alpha value is 0.430. The van der Waals surface area contributed by atoms with Gasteiger partial charge in [-0.05, 0) is 17.4 Å². The maximum absolute atomic E-state index is 6.06. The van der Waals surface area contributed by atoms with Crippen molar-refractivity contribution in [1.29, 1.82) is 0 Å². The van der Waals surface area contributed by atoms with Gasteiger partial charge in [0.15, 0.2) is 0 Å². The van der Waals surface area contributed by atoms with E-state index in [0.29, 0.717) is 4.83 Å². The minimum absolute atomic E-state index is 0.640. The highest BCUT2D eigenvalue weighted by molar-refractivity contribution is 9.09. The van der Waals surface area contributed by atoms with Gasteiger partial charge in [0.05, 0.1) is 5.02 Å². The van der Waals surface area contributed by atoms with Crippen molar-refractivity contribution in [2.75, 3.05) is 13.1 Å². The predicted octanol–water partition coefficient (Wildman–Crippen LogP) is 3.62. The second-order valence-corrected chi connectivity index (χ2v) is 6.46. The van der Waals surface area contributed by atoms with Crippen molar-refractivity contribution in [2.24, 2.45) is 5.92 Å². The van der Waals surface area contributed by atoms with Gasteiger partial charge in [0.1, 0.15) is 0 Å². The van der Waals surface area contributed by atoms with E-state index >= 15 is 0 Å². The highest BCUT2D eigenvalue weighted by Gasteiger charge is 2.27. The molecule has 1 aromatic heterocycles. The predicted molar refractivity (Wildman–Crippen MR) is 66.5 cm³/mol. The minimum atomic E-state index is 0.640. The highest BCUT2D eigenvalue weighted by Crippen LogP contribution is 2.28. The van der Waals surface area contributed by atoms with Crippen molar-refractivity contribution in [3.8, 4) is 0 Å². The second kappa shape index (κ2) is 4.52. The first-order valence-electron chi connectivity index (χ1n) is 4.75. The normalized spacial score (nSPS) is 28.5. The number of halogens is 2. The lowest BCUT2D eigenvalue weighted by molar-refractivity contribution is 0.323. The van der Waals surface area contributed by atoms with Crippen molar-refractivity contribution in [1.82, 2.24) is 4.90 Å². The van der Waals surface area contributed by atoms with Gasteiger partial charge in [0.25, 0.3) is 0 Å². The fourth-order valence-electron chi connectivity index (χ4n) is 1.79. The van der Waals surface area contributed by atoms with Crippen LogP contribution in [-0.4, -0.2) is 22.8 Å². The molecular formula is C10H13BrClNS. The van der Waals surface area contributed by atoms with Gasteiger partial charge >= 0.3 is 0 Å². The molecule has 78 valence electrons. The zero-order valence-electron chi connectivity index (χ0n) is 8.04. The second-order valence-electron chi connectivity index (χ2n) is 3.88. The molecule has 1 aromatic rings. The molecule has 2 rings (SSSR count). The fraction of sp³-hybridized carbons (Fsp3) is 0.600. The molecule has 4 heteroatoms. The smallest absolute Gasteiger partial charge is 0.0558 e. The Labute approximate surface area is 102 Å². The van der Waals surface area contributed by atoms with Gasteiger partial charge in [-0.15, -0.1) is 11.3 Å². The van der Waals surface area contributed by atoms with Gasteiger partial charge in [0, 0.05) is 29.3 Å². The number of thiophene rings is 1. The molecule has 0 aromatic carbocycles. The van der Waals surface area contributed by atoms with E-state index in [1.165, 1.54) is 11.4 Å². The van der Waals surface area contributed by atoms with Crippen LogP contribution in [0.2, 0.25) is 5.02 Å². The van der Waals surface area contributed by atoms with Crippen LogP contribution in [0.3, 0.4) is 0 Å². The van der Waals surface area contributed by atoms with Crippen LogP contribution in [0.15, 0.2) is 11.4 Å². The van der Waals surface area contributed by atoms with E-state index in [0.717, 1.165) is 24.0 Å². The molecule has 1 nitrogen and oxygen atoms in total. The van der Waals surface area contributed by atoms with Crippen LogP contribution in [0.1, 0.15) is 11.8 Å². The first-order chi connectivity index (χ1) is 6.66. The molecule has 2 atom stereocenters. The number of hydrogen-bond donors (Lipinski definition) is 0. The summed E-state index contributed by atoms with van der Waals surface area (Å²) in [5, 5.41) is 2.98. The lowest BCUT2D eigenvalue weighted by atomic mass is 10.2. The molecule has 1 fully saturated rings. The van der Waals surface area contributed by atoms with Crippen molar-refractivity contribution in [2.45, 2.75) is 18.3 Å². The van der Waals surface area contributed by atoms with Crippen LogP contribution in [0.5, 0.6) is 0 Å². The third kappa shape index (κ3) is 2.32. The molecule has 14 heavy (non-hydrogen) atoms. The zero-order valence-corrected chi connectivity index (χ0v) is 11.2. The maximum Gasteiger partial charge on any atom is 0.0558 e. The Balaban J connectivity index is 1.97. The highest BCUT2D eigenvalue weighted by atomic mass is 79.9. The van der Waals surface area contributed by atoms with E-state index in [9.17, 15) is 0 Å². The quantitative estimate of drug-likeness (QED) is 0.753. The number of alkyl halides is 1. The molecule has 1 aliphatic rings. The number of nitrogens with zero attached hydrogens (tertiary/aromatic N) is 1. The van der Waals surface area contributed by atoms with E-state index in [4.69, 9.17) is 11.6 Å². The van der Waals surface area contributed by atoms with Gasteiger partial charge in [-0.3, -0.25) is 4.90 Å². The van der Waals surface area contributed by atoms with Gasteiger partial charge in [-0.2, -0.15) is 0 Å². The minimum Gasteiger partial charge on any atom is -0.297 e. The van der Waals surface area contributed by atoms with Crippen LogP contribution >= 0.6 is 38.9 Å². The molecule has 1 aliphatic heterocycles. The van der Waals surface area contributed by atoms with Crippen molar-refractivity contribution < 1.29 is 0 Å². The molecule has 0 radical (unpaired) electrons. The van der Waals surface area contributed by atoms with Gasteiger partial charge in [-0.25, -0.2) is 0 Å². The van der Waals surface area contributed by atoms with Crippen LogP contribution < -0.4 is 0 Å². The molecule has 0 amide bonds. The van der Waals surface area contributed by atoms with Gasteiger partial charge < -0.3 is 0 Å². The fourth-order valence-corrected chi connectivity index (χ4v) is 3.51. The topological polar surface area (TPSA) is 3.24 Å². The molecule has 2 unspecified atom stereocenters. The molecule has 0 N–H and O–H groups in total. The van der Waals surface area contributed by atoms with Crippen LogP contribution in [0.25, 0.3) is 0 Å². The van der Waals surface area contributed by atoms with Gasteiger partial charge in [-0.1, -0.05) is 34.5 Å². The number of likely N-dealkylation sites (tertiary alicyclic amines) is 1. The Kier molecular flexibility index (Phi) is 3.53. The Morgan fingerprint density at radius 1 is 1.64 bits per heavy atom. The molecule has 2 heterocycles. The summed E-state index contributed by atoms with van der Waals surface area (Å²) in [5.41, 5.74) is 0. The summed E-state index contributed by atoms with van der Waals surface area (Å²) in [6.07, 6.45) is 0. The summed E-state index contributed by atoms with van der Waals surface area (Å²) in [4.78, 5) is 4.39. The van der Waals surface area contributed by atoms with E-state index in [1.807, 2.05) is 6.07 Å². The van der Waals surface area contributed by atoms with Crippen molar-refractivity contribution in [3.05, 3.63) is 21.3 Å². The van der Waals surface area contributed by atoms with Gasteiger partial charge in [0.2, 0.25) is 0 Å². The van der Waals surface area contributed by atoms with Crippen molar-refractivity contribution in [3.63, 3.8) is 0 Å². The SMILES string of the molecule is CC1CN(Cc2sccc2Cl)CC1Br. The third-order valence-electron chi connectivity index (χ3n) is 2.65. The Morgan fingerprint density at radius 2 is 2.43 bits per heavy atom. The average Bonchev–Trinajstić information content (AvgIpc) is 2.63. The monoisotopic (exact) mass is 293 g/mol. The lowest BCUT2D eigenvalue weighted by Gasteiger charge is -2.13. The lowest BCUT2D eigenvalue weighted by Crippen LogP contribution is -2.19. The summed E-state index contributed by atoms with van der Waals surface area (Å²) in [7, 11) is 0. The summed E-state index contributed by atoms with van der Waals surface area (Å²) < 4.78 is 0. The molecule has 0 spiro atoms. The largest absolute Gasteiger partial charge is 0.297 e. The summed E-state index contributed by atoms with van der Waals surface area (Å²) in [5.74, 6) is 0.744. The van der Waals surface area contributed by atoms with E-state index in [-0.39, 0.29) is 0 Å². The summed E-state index contributed by atoms with van der Waals surface area (Å²) in [6, 6.07) is 1.98. The molecule has 0 saturated carbocycles. The standard InChI is InChI=1S/C10H13BrClNS/c1-7-4-13(5-8(7)11)6-10-9(12)2-3-14-10/h2-3,7-8H,4-6H2,1H3. The average molecular weight is 295 g/mol. The van der Waals surface area contributed by atoms with Crippen molar-refractivity contribution >= 4 is 38.9 Å². The number of rotatable bonds is 2. The third-order valence-corrected chi connectivity index (χ3v) is 5.22. The molecular weight excluding hydrogens is 282 g/mol. The molecule has 0 aliphatic carbocycles. The summed E-state index contributed by atoms with van der Waals surface area (Å²) in [6.45, 7) is 5.60. The van der Waals surface area contributed by atoms with E-state index in [2.05, 4.69) is 33.1 Å². The Bertz CT molecular complexity index is 305.